The molecule has 384 valence electrons. The third kappa shape index (κ3) is 11.7. The molecule has 8 rings (SSSR count). The number of unbranched alkanes of at least 4 members (excludes halogenated alkanes) is 2. The van der Waals surface area contributed by atoms with Gasteiger partial charge in [0.2, 0.25) is 21.7 Å². The smallest absolute Gasteiger partial charge is 0.269 e. The van der Waals surface area contributed by atoms with Crippen LogP contribution in [0, 0.1) is 27.9 Å². The van der Waals surface area contributed by atoms with Gasteiger partial charge in [-0.05, 0) is 133 Å². The first-order valence-electron chi connectivity index (χ1n) is 25.1. The molecule has 1 aliphatic heterocycles. The van der Waals surface area contributed by atoms with Crippen molar-refractivity contribution in [2.75, 3.05) is 31.7 Å². The number of benzene rings is 5. The Bertz CT molecular complexity index is 2880. The number of nitro groups is 1. The average Bonchev–Trinajstić information content (AvgIpc) is 3.39. The number of aliphatic hydroxyl groups excluding tert-OH is 2. The molecule has 1 saturated carbocycles. The quantitative estimate of drug-likeness (QED) is 0.0230. The van der Waals surface area contributed by atoms with Crippen LogP contribution in [0.4, 0.5) is 11.4 Å². The molecule has 0 radical (unpaired) electrons. The first kappa shape index (κ1) is 52.6. The summed E-state index contributed by atoms with van der Waals surface area (Å²) >= 11 is 0. The third-order valence-electron chi connectivity index (χ3n) is 14.0. The van der Waals surface area contributed by atoms with E-state index in [4.69, 9.17) is 24.2 Å². The molecule has 3 N–H and O–H groups in total. The zero-order valence-corrected chi connectivity index (χ0v) is 42.1. The number of fused-ring (bicyclic) bond motifs is 2. The lowest BCUT2D eigenvalue weighted by atomic mass is 9.55. The molecular formula is C57H64N4O11S. The molecule has 6 atom stereocenters. The Hall–Kier alpha value is -6.69. The molecule has 1 heterocycles. The van der Waals surface area contributed by atoms with Gasteiger partial charge in [-0.2, -0.15) is 4.31 Å². The molecule has 1 fully saturated rings. The monoisotopic (exact) mass is 1010 g/mol. The van der Waals surface area contributed by atoms with E-state index in [2.05, 4.69) is 30.1 Å². The maximum atomic E-state index is 15.4. The Kier molecular flexibility index (Phi) is 17.2. The van der Waals surface area contributed by atoms with Crippen molar-refractivity contribution in [1.29, 1.82) is 0 Å². The Morgan fingerprint density at radius 3 is 2.26 bits per heavy atom. The van der Waals surface area contributed by atoms with Gasteiger partial charge in [0.25, 0.3) is 5.69 Å². The second-order valence-electron chi connectivity index (χ2n) is 18.8. The molecule has 3 aliphatic rings. The number of sulfonamides is 1. The normalized spacial score (nSPS) is 21.6. The van der Waals surface area contributed by atoms with Crippen molar-refractivity contribution >= 4 is 33.0 Å². The van der Waals surface area contributed by atoms with Crippen molar-refractivity contribution in [3.8, 4) is 28.4 Å². The number of non-ortho nitro benzene ring substituents is 1. The number of nitro benzene ring substituents is 1. The van der Waals surface area contributed by atoms with Gasteiger partial charge >= 0.3 is 0 Å². The Morgan fingerprint density at radius 1 is 0.918 bits per heavy atom. The number of nitrogens with zero attached hydrogens (tertiary/aromatic N) is 3. The molecule has 0 unspecified atom stereocenters. The van der Waals surface area contributed by atoms with E-state index < -0.39 is 32.7 Å². The summed E-state index contributed by atoms with van der Waals surface area (Å²) in [5.41, 5.74) is 5.27. The number of rotatable bonds is 24. The fourth-order valence-corrected chi connectivity index (χ4v) is 12.5. The summed E-state index contributed by atoms with van der Waals surface area (Å²) < 4.78 is 53.3. The van der Waals surface area contributed by atoms with Crippen LogP contribution in [-0.4, -0.2) is 77.7 Å². The van der Waals surface area contributed by atoms with Crippen LogP contribution in [0.15, 0.2) is 156 Å². The highest BCUT2D eigenvalue weighted by molar-refractivity contribution is 7.89. The van der Waals surface area contributed by atoms with Gasteiger partial charge in [0.05, 0.1) is 34.1 Å². The van der Waals surface area contributed by atoms with Gasteiger partial charge in [0.15, 0.2) is 0 Å². The maximum absolute atomic E-state index is 15.4. The second kappa shape index (κ2) is 23.9. The van der Waals surface area contributed by atoms with Crippen LogP contribution < -0.4 is 14.8 Å². The summed E-state index contributed by atoms with van der Waals surface area (Å²) in [7, 11) is -4.35. The summed E-state index contributed by atoms with van der Waals surface area (Å²) in [6, 6.07) is 34.8. The molecule has 0 bridgehead atoms. The van der Waals surface area contributed by atoms with E-state index in [0.29, 0.717) is 66.3 Å². The highest BCUT2D eigenvalue weighted by Gasteiger charge is 2.66. The summed E-state index contributed by atoms with van der Waals surface area (Å²) in [6.45, 7) is 7.41. The topological polar surface area (TPSA) is 199 Å². The number of amides is 1. The maximum Gasteiger partial charge on any atom is 0.269 e. The molecule has 2 aliphatic carbocycles. The first-order chi connectivity index (χ1) is 35.4. The number of allylic oxidation sites excluding steroid dienone is 1. The van der Waals surface area contributed by atoms with Gasteiger partial charge in [0.1, 0.15) is 23.9 Å². The number of ether oxygens (including phenoxy) is 3. The fraction of sp³-hybridized carbons (Fsp3) is 0.368. The highest BCUT2D eigenvalue weighted by Crippen LogP contribution is 2.62. The largest absolute Gasteiger partial charge is 0.460 e. The molecule has 0 spiro atoms. The van der Waals surface area contributed by atoms with E-state index in [9.17, 15) is 25.1 Å². The zero-order valence-electron chi connectivity index (χ0n) is 41.3. The number of hydrogen-bond acceptors (Lipinski definition) is 12. The van der Waals surface area contributed by atoms with Gasteiger partial charge in [0, 0.05) is 62.4 Å². The molecule has 16 heteroatoms. The zero-order chi connectivity index (χ0) is 51.5. The minimum absolute atomic E-state index is 0.00368. The number of hydrogen-bond donors (Lipinski definition) is 3. The van der Waals surface area contributed by atoms with Gasteiger partial charge < -0.3 is 34.6 Å². The number of oxime groups is 1. The molecule has 73 heavy (non-hydrogen) atoms. The van der Waals surface area contributed by atoms with Crippen molar-refractivity contribution in [1.82, 2.24) is 4.31 Å². The van der Waals surface area contributed by atoms with Crippen LogP contribution >= 0.6 is 0 Å². The number of anilines is 1. The van der Waals surface area contributed by atoms with E-state index >= 15 is 8.42 Å². The van der Waals surface area contributed by atoms with Crippen LogP contribution in [0.5, 0.6) is 17.2 Å². The van der Waals surface area contributed by atoms with Gasteiger partial charge in [-0.15, -0.1) is 6.58 Å². The Labute approximate surface area is 427 Å². The van der Waals surface area contributed by atoms with Crippen LogP contribution in [0.25, 0.3) is 11.1 Å². The van der Waals surface area contributed by atoms with Crippen molar-refractivity contribution in [3.63, 3.8) is 0 Å². The van der Waals surface area contributed by atoms with Crippen molar-refractivity contribution in [2.45, 2.75) is 94.5 Å². The summed E-state index contributed by atoms with van der Waals surface area (Å²) in [5.74, 6) is -1.48. The molecule has 5 aromatic carbocycles. The van der Waals surface area contributed by atoms with E-state index in [1.807, 2.05) is 67.6 Å². The standard InChI is InChI=1S/C57H64N4O11S/c1-4-31-60(73(67,68)48-28-21-44(22-29-48)58-39(3)64)54-37-52(59-70-38-40-17-23-45(24-18-40)61(65)66)50-35-43(15-9-11-32-62)49(16-10-12-33-63)55-51-36-47(27-30-53(51)72-57(54,56(50)55)69-34-5-2)71-46-25-19-42(20-26-46)41-13-7-6-8-14-41/h5-8,13-14,17-30,35-36,43,49,54-56,62-63H,2,4,9-12,15-16,31-34,37-38H2,1,3H3,(H,58,64)/t43-,49+,54-,55+,56+,57+/m0/s1. The number of aliphatic hydroxyl groups is 2. The highest BCUT2D eigenvalue weighted by atomic mass is 32.2. The van der Waals surface area contributed by atoms with E-state index in [1.165, 1.54) is 35.5 Å². The van der Waals surface area contributed by atoms with Crippen LogP contribution in [-0.2, 0) is 31.0 Å². The van der Waals surface area contributed by atoms with E-state index in [-0.39, 0.29) is 73.6 Å². The van der Waals surface area contributed by atoms with Crippen molar-refractivity contribution in [2.24, 2.45) is 22.9 Å². The lowest BCUT2D eigenvalue weighted by Crippen LogP contribution is -2.70. The molecule has 15 nitrogen and oxygen atoms in total. The third-order valence-corrected chi connectivity index (χ3v) is 15.9. The van der Waals surface area contributed by atoms with E-state index in [0.717, 1.165) is 35.1 Å². The van der Waals surface area contributed by atoms with Crippen LogP contribution in [0.1, 0.15) is 82.3 Å². The van der Waals surface area contributed by atoms with Gasteiger partial charge in [-0.1, -0.05) is 79.5 Å². The SMILES string of the molecule is C=CCO[C@@]12Oc3ccc(Oc4ccc(-c5ccccc5)cc4)cc3[C@H]3[C@H](CCCCO)[C@@H](CCCCO)C=C(C(=NOCc4ccc([N+](=O)[O-])cc4)C[C@@H]1N(CCC)S(=O)(=O)c1ccc(NC(C)=O)cc1)[C@H]32. The number of carbonyl (C=O) groups is 1. The summed E-state index contributed by atoms with van der Waals surface area (Å²) in [6.07, 6.45) is 8.32. The fourth-order valence-electron chi connectivity index (χ4n) is 10.8. The molecule has 5 aromatic rings. The molecule has 0 aromatic heterocycles. The summed E-state index contributed by atoms with van der Waals surface area (Å²) in [5, 5.41) is 39.1. The average molecular weight is 1010 g/mol. The molecular weight excluding hydrogens is 949 g/mol. The van der Waals surface area contributed by atoms with Crippen molar-refractivity contribution in [3.05, 3.63) is 167 Å². The summed E-state index contributed by atoms with van der Waals surface area (Å²) in [4.78, 5) is 29.1. The minimum atomic E-state index is -4.35. The lowest BCUT2D eigenvalue weighted by molar-refractivity contribution is -0.384. The van der Waals surface area contributed by atoms with Gasteiger partial charge in [-0.25, -0.2) is 8.42 Å². The first-order valence-corrected chi connectivity index (χ1v) is 26.5. The van der Waals surface area contributed by atoms with Crippen LogP contribution in [0.2, 0.25) is 0 Å². The lowest BCUT2D eigenvalue weighted by Gasteiger charge is -2.59. The predicted octanol–water partition coefficient (Wildman–Crippen LogP) is 10.9. The van der Waals surface area contributed by atoms with Crippen molar-refractivity contribution < 1.29 is 47.4 Å². The van der Waals surface area contributed by atoms with E-state index in [1.54, 1.807) is 30.3 Å². The number of carbonyl (C=O) groups excluding carboxylic acids is 1. The second-order valence-corrected chi connectivity index (χ2v) is 20.7. The van der Waals surface area contributed by atoms with Gasteiger partial charge in [-0.3, -0.25) is 14.9 Å². The Balaban J connectivity index is 1.31. The predicted molar refractivity (Wildman–Crippen MR) is 280 cm³/mol. The van der Waals surface area contributed by atoms with Crippen LogP contribution in [0.3, 0.4) is 0 Å². The molecule has 0 saturated heterocycles. The molecule has 1 amide bonds. The Morgan fingerprint density at radius 2 is 1.60 bits per heavy atom. The minimum Gasteiger partial charge on any atom is -0.460 e. The number of nitrogens with one attached hydrogen (secondary N) is 1.